The van der Waals surface area contributed by atoms with Crippen molar-refractivity contribution in [3.05, 3.63) is 0 Å². The third-order valence-electron chi connectivity index (χ3n) is 0.892. The molecular weight excluding hydrogens is 163 g/mol. The molecule has 2 atom stereocenters. The van der Waals surface area contributed by atoms with Gasteiger partial charge in [0.15, 0.2) is 0 Å². The molecule has 0 spiro atoms. The molecule has 0 aliphatic heterocycles. The van der Waals surface area contributed by atoms with E-state index in [-0.39, 0.29) is 30.9 Å². The van der Waals surface area contributed by atoms with Gasteiger partial charge in [-0.05, 0) is 6.92 Å². The molecule has 0 aromatic rings. The average molecular weight is 177 g/mol. The number of nitrogens with two attached hydrogens (primary N) is 2. The Hall–Kier alpha value is 0.460. The number of hydrogen-bond acceptors (Lipinski definition) is 3. The van der Waals surface area contributed by atoms with Crippen molar-refractivity contribution in [1.82, 2.24) is 0 Å². The molecule has 0 aliphatic carbocycles. The maximum absolute atomic E-state index is 8.62. The Bertz CT molecular complexity index is 53.8. The molecule has 0 saturated heterocycles. The number of halogens is 2. The standard InChI is InChI=1S/C4H12N2O.2ClH/c1-3(7)4(6)2-5;;/h3-4,7H,2,5-6H2,1H3;2*1H. The Morgan fingerprint density at radius 2 is 1.78 bits per heavy atom. The molecule has 0 saturated carbocycles. The second-order valence-corrected chi connectivity index (χ2v) is 1.64. The van der Waals surface area contributed by atoms with Crippen LogP contribution in [0.3, 0.4) is 0 Å². The summed E-state index contributed by atoms with van der Waals surface area (Å²) in [6, 6.07) is -0.264. The van der Waals surface area contributed by atoms with Crippen LogP contribution >= 0.6 is 24.8 Å². The van der Waals surface area contributed by atoms with E-state index in [0.29, 0.717) is 6.54 Å². The van der Waals surface area contributed by atoms with Gasteiger partial charge in [0.1, 0.15) is 0 Å². The van der Waals surface area contributed by atoms with E-state index in [0.717, 1.165) is 0 Å². The first-order chi connectivity index (χ1) is 3.18. The minimum Gasteiger partial charge on any atom is -0.392 e. The molecule has 0 bridgehead atoms. The van der Waals surface area contributed by atoms with Crippen LogP contribution in [0.15, 0.2) is 0 Å². The first-order valence-corrected chi connectivity index (χ1v) is 2.32. The molecule has 60 valence electrons. The fourth-order valence-electron chi connectivity index (χ4n) is 0.197. The Labute approximate surface area is 67.6 Å². The van der Waals surface area contributed by atoms with Crippen LogP contribution < -0.4 is 11.5 Å². The summed E-state index contributed by atoms with van der Waals surface area (Å²) >= 11 is 0. The summed E-state index contributed by atoms with van der Waals surface area (Å²) in [7, 11) is 0. The number of rotatable bonds is 2. The lowest BCUT2D eigenvalue weighted by molar-refractivity contribution is 0.166. The van der Waals surface area contributed by atoms with E-state index in [9.17, 15) is 0 Å². The predicted octanol–water partition coefficient (Wildman–Crippen LogP) is -0.503. The van der Waals surface area contributed by atoms with Crippen LogP contribution in [0.25, 0.3) is 0 Å². The van der Waals surface area contributed by atoms with Crippen LogP contribution in [0.4, 0.5) is 0 Å². The van der Waals surface area contributed by atoms with E-state index in [1.54, 1.807) is 6.92 Å². The molecule has 0 aromatic carbocycles. The quantitative estimate of drug-likeness (QED) is 0.532. The van der Waals surface area contributed by atoms with Crippen LogP contribution in [0, 0.1) is 0 Å². The second kappa shape index (κ2) is 8.46. The number of aliphatic hydroxyl groups is 1. The van der Waals surface area contributed by atoms with Crippen LogP contribution in [0.1, 0.15) is 6.92 Å². The monoisotopic (exact) mass is 176 g/mol. The first kappa shape index (κ1) is 16.2. The predicted molar refractivity (Wildman–Crippen MR) is 43.2 cm³/mol. The summed E-state index contributed by atoms with van der Waals surface area (Å²) in [5, 5.41) is 8.62. The van der Waals surface area contributed by atoms with Crippen molar-refractivity contribution in [2.24, 2.45) is 11.5 Å². The van der Waals surface area contributed by atoms with Crippen LogP contribution in [0.2, 0.25) is 0 Å². The van der Waals surface area contributed by atoms with Gasteiger partial charge >= 0.3 is 0 Å². The van der Waals surface area contributed by atoms with Crippen molar-refractivity contribution >= 4 is 24.8 Å². The maximum Gasteiger partial charge on any atom is 0.0675 e. The van der Waals surface area contributed by atoms with Gasteiger partial charge in [-0.1, -0.05) is 0 Å². The van der Waals surface area contributed by atoms with Crippen LogP contribution in [0.5, 0.6) is 0 Å². The Morgan fingerprint density at radius 3 is 1.78 bits per heavy atom. The summed E-state index contributed by atoms with van der Waals surface area (Å²) in [6.07, 6.45) is -0.481. The summed E-state index contributed by atoms with van der Waals surface area (Å²) < 4.78 is 0. The average Bonchev–Trinajstić information content (AvgIpc) is 1.65. The van der Waals surface area contributed by atoms with Gasteiger partial charge in [0.2, 0.25) is 0 Å². The van der Waals surface area contributed by atoms with E-state index >= 15 is 0 Å². The third kappa shape index (κ3) is 8.46. The Morgan fingerprint density at radius 1 is 1.44 bits per heavy atom. The highest BCUT2D eigenvalue weighted by atomic mass is 35.5. The zero-order chi connectivity index (χ0) is 5.86. The van der Waals surface area contributed by atoms with Gasteiger partial charge in [-0.25, -0.2) is 0 Å². The molecule has 0 radical (unpaired) electrons. The highest BCUT2D eigenvalue weighted by molar-refractivity contribution is 5.85. The van der Waals surface area contributed by atoms with Crippen molar-refractivity contribution in [3.63, 3.8) is 0 Å². The summed E-state index contributed by atoms with van der Waals surface area (Å²) in [5.41, 5.74) is 10.3. The first-order valence-electron chi connectivity index (χ1n) is 2.32. The summed E-state index contributed by atoms with van der Waals surface area (Å²) in [4.78, 5) is 0. The van der Waals surface area contributed by atoms with Crippen molar-refractivity contribution in [1.29, 1.82) is 0 Å². The largest absolute Gasteiger partial charge is 0.392 e. The highest BCUT2D eigenvalue weighted by Gasteiger charge is 2.03. The normalized spacial score (nSPS) is 14.7. The second-order valence-electron chi connectivity index (χ2n) is 1.64. The van der Waals surface area contributed by atoms with E-state index in [2.05, 4.69) is 0 Å². The van der Waals surface area contributed by atoms with Gasteiger partial charge < -0.3 is 16.6 Å². The highest BCUT2D eigenvalue weighted by Crippen LogP contribution is 1.81. The minimum absolute atomic E-state index is 0. The lowest BCUT2D eigenvalue weighted by Gasteiger charge is -2.09. The maximum atomic E-state index is 8.62. The molecule has 5 heteroatoms. The SMILES string of the molecule is CC(O)C(N)CN.Cl.Cl. The van der Waals surface area contributed by atoms with Crippen molar-refractivity contribution in [3.8, 4) is 0 Å². The molecule has 9 heavy (non-hydrogen) atoms. The van der Waals surface area contributed by atoms with Crippen molar-refractivity contribution in [2.45, 2.75) is 19.1 Å². The lowest BCUT2D eigenvalue weighted by Crippen LogP contribution is -2.39. The Kier molecular flexibility index (Phi) is 15.3. The van der Waals surface area contributed by atoms with Gasteiger partial charge in [0.05, 0.1) is 6.10 Å². The van der Waals surface area contributed by atoms with Crippen LogP contribution in [-0.4, -0.2) is 23.8 Å². The molecule has 2 unspecified atom stereocenters. The van der Waals surface area contributed by atoms with E-state index < -0.39 is 6.10 Å². The van der Waals surface area contributed by atoms with Gasteiger partial charge in [0, 0.05) is 12.6 Å². The lowest BCUT2D eigenvalue weighted by atomic mass is 10.2. The fourth-order valence-corrected chi connectivity index (χ4v) is 0.197. The minimum atomic E-state index is -0.481. The number of hydrogen-bond donors (Lipinski definition) is 3. The zero-order valence-electron chi connectivity index (χ0n) is 5.28. The molecule has 0 rings (SSSR count). The molecule has 0 heterocycles. The molecule has 0 aromatic heterocycles. The van der Waals surface area contributed by atoms with Gasteiger partial charge in [-0.3, -0.25) is 0 Å². The molecule has 0 fully saturated rings. The topological polar surface area (TPSA) is 72.3 Å². The van der Waals surface area contributed by atoms with Crippen molar-refractivity contribution < 1.29 is 5.11 Å². The van der Waals surface area contributed by atoms with Crippen molar-refractivity contribution in [2.75, 3.05) is 6.54 Å². The van der Waals surface area contributed by atoms with Crippen LogP contribution in [-0.2, 0) is 0 Å². The van der Waals surface area contributed by atoms with E-state index in [1.807, 2.05) is 0 Å². The zero-order valence-corrected chi connectivity index (χ0v) is 6.91. The summed E-state index contributed by atoms with van der Waals surface area (Å²) in [5.74, 6) is 0. The van der Waals surface area contributed by atoms with E-state index in [4.69, 9.17) is 16.6 Å². The third-order valence-corrected chi connectivity index (χ3v) is 0.892. The smallest absolute Gasteiger partial charge is 0.0675 e. The Balaban J connectivity index is -0.000000180. The van der Waals surface area contributed by atoms with Gasteiger partial charge in [-0.2, -0.15) is 0 Å². The molecule has 5 N–H and O–H groups in total. The summed E-state index contributed by atoms with van der Waals surface area (Å²) in [6.45, 7) is 1.97. The molecule has 3 nitrogen and oxygen atoms in total. The van der Waals surface area contributed by atoms with Gasteiger partial charge in [-0.15, -0.1) is 24.8 Å². The van der Waals surface area contributed by atoms with E-state index in [1.165, 1.54) is 0 Å². The van der Waals surface area contributed by atoms with Gasteiger partial charge in [0.25, 0.3) is 0 Å². The number of aliphatic hydroxyl groups excluding tert-OH is 1. The molecular formula is C4H14Cl2N2O. The molecule has 0 amide bonds. The fraction of sp³-hybridized carbons (Fsp3) is 1.00. The molecule has 0 aliphatic rings.